The highest BCUT2D eigenvalue weighted by Crippen LogP contribution is 2.58. The molecule has 156 valence electrons. The van der Waals surface area contributed by atoms with Gasteiger partial charge in [0.05, 0.1) is 0 Å². The Bertz CT molecular complexity index is 737. The van der Waals surface area contributed by atoms with Crippen LogP contribution in [0.25, 0.3) is 0 Å². The molecule has 6 nitrogen and oxygen atoms in total. The van der Waals surface area contributed by atoms with Crippen molar-refractivity contribution in [1.82, 2.24) is 0 Å². The van der Waals surface area contributed by atoms with Crippen molar-refractivity contribution in [2.45, 2.75) is 84.5 Å². The van der Waals surface area contributed by atoms with Gasteiger partial charge in [-0.25, -0.2) is 4.79 Å². The third-order valence-corrected chi connectivity index (χ3v) is 6.75. The van der Waals surface area contributed by atoms with Gasteiger partial charge in [-0.15, -0.1) is 0 Å². The standard InChI is InChI=1S/C22H32O6/c1-8-14(4)19(25)27-18-9-10-20(6)12-17(24)22(26,13(2)3)11-16(20)21(18,7)28-15(5)23/h8,16,18,26H,2,9-12H2,1,3-7H3. The van der Waals surface area contributed by atoms with E-state index >= 15 is 0 Å². The lowest BCUT2D eigenvalue weighted by Gasteiger charge is -2.58. The Hall–Kier alpha value is -1.95. The van der Waals surface area contributed by atoms with Crippen LogP contribution in [0.4, 0.5) is 0 Å². The van der Waals surface area contributed by atoms with Crippen LogP contribution in [-0.2, 0) is 23.9 Å². The first-order valence-electron chi connectivity index (χ1n) is 9.75. The van der Waals surface area contributed by atoms with Crippen LogP contribution in [0.2, 0.25) is 0 Å². The molecule has 5 atom stereocenters. The van der Waals surface area contributed by atoms with E-state index in [-0.39, 0.29) is 24.5 Å². The van der Waals surface area contributed by atoms with E-state index in [2.05, 4.69) is 6.58 Å². The van der Waals surface area contributed by atoms with Crippen LogP contribution in [0.3, 0.4) is 0 Å². The molecule has 0 aromatic rings. The molecule has 0 bridgehead atoms. The van der Waals surface area contributed by atoms with Gasteiger partial charge in [0.25, 0.3) is 0 Å². The molecular formula is C22H32O6. The van der Waals surface area contributed by atoms with Crippen molar-refractivity contribution < 1.29 is 29.0 Å². The minimum Gasteiger partial charge on any atom is -0.455 e. The Morgan fingerprint density at radius 1 is 1.25 bits per heavy atom. The zero-order valence-corrected chi connectivity index (χ0v) is 17.8. The number of carbonyl (C=O) groups excluding carboxylic acids is 3. The van der Waals surface area contributed by atoms with Crippen LogP contribution in [0.15, 0.2) is 23.8 Å². The highest BCUT2D eigenvalue weighted by Gasteiger charge is 2.63. The normalized spacial score (nSPS) is 38.4. The van der Waals surface area contributed by atoms with Crippen molar-refractivity contribution in [2.75, 3.05) is 0 Å². The smallest absolute Gasteiger partial charge is 0.333 e. The molecule has 0 heterocycles. The van der Waals surface area contributed by atoms with Gasteiger partial charge in [-0.2, -0.15) is 0 Å². The molecule has 0 aromatic heterocycles. The average molecular weight is 392 g/mol. The molecule has 28 heavy (non-hydrogen) atoms. The number of carbonyl (C=O) groups is 3. The zero-order valence-electron chi connectivity index (χ0n) is 17.8. The summed E-state index contributed by atoms with van der Waals surface area (Å²) in [5.74, 6) is -1.59. The number of ether oxygens (including phenoxy) is 2. The molecule has 2 fully saturated rings. The van der Waals surface area contributed by atoms with Gasteiger partial charge in [0.1, 0.15) is 17.3 Å². The van der Waals surface area contributed by atoms with E-state index in [0.29, 0.717) is 24.0 Å². The van der Waals surface area contributed by atoms with Crippen molar-refractivity contribution in [3.8, 4) is 0 Å². The fourth-order valence-corrected chi connectivity index (χ4v) is 4.80. The fraction of sp³-hybridized carbons (Fsp3) is 0.682. The summed E-state index contributed by atoms with van der Waals surface area (Å²) in [6.07, 6.45) is 2.33. The lowest BCUT2D eigenvalue weighted by molar-refractivity contribution is -0.227. The molecule has 1 N–H and O–H groups in total. The molecule has 0 aliphatic heterocycles. The quantitative estimate of drug-likeness (QED) is 0.449. The Labute approximate surface area is 167 Å². The number of aliphatic hydroxyl groups is 1. The Morgan fingerprint density at radius 2 is 1.86 bits per heavy atom. The van der Waals surface area contributed by atoms with Gasteiger partial charge in [0.15, 0.2) is 5.78 Å². The molecule has 5 unspecified atom stereocenters. The maximum atomic E-state index is 12.7. The molecule has 0 radical (unpaired) electrons. The first-order valence-corrected chi connectivity index (χ1v) is 9.75. The van der Waals surface area contributed by atoms with Crippen molar-refractivity contribution in [1.29, 1.82) is 0 Å². The van der Waals surface area contributed by atoms with Crippen molar-refractivity contribution in [3.05, 3.63) is 23.8 Å². The highest BCUT2D eigenvalue weighted by molar-refractivity contribution is 5.92. The molecular weight excluding hydrogens is 360 g/mol. The highest BCUT2D eigenvalue weighted by atomic mass is 16.6. The predicted octanol–water partition coefficient (Wildman–Crippen LogP) is 3.27. The summed E-state index contributed by atoms with van der Waals surface area (Å²) >= 11 is 0. The summed E-state index contributed by atoms with van der Waals surface area (Å²) in [6, 6.07) is 0. The number of rotatable bonds is 4. The molecule has 2 saturated carbocycles. The number of hydrogen-bond acceptors (Lipinski definition) is 6. The molecule has 2 aliphatic carbocycles. The molecule has 6 heteroatoms. The zero-order chi connectivity index (χ0) is 21.5. The Balaban J connectivity index is 2.49. The average Bonchev–Trinajstić information content (AvgIpc) is 2.58. The number of ketones is 1. The van der Waals surface area contributed by atoms with E-state index in [1.807, 2.05) is 6.92 Å². The van der Waals surface area contributed by atoms with E-state index in [0.717, 1.165) is 0 Å². The van der Waals surface area contributed by atoms with E-state index in [1.165, 1.54) is 6.92 Å². The van der Waals surface area contributed by atoms with Gasteiger partial charge in [-0.1, -0.05) is 19.6 Å². The van der Waals surface area contributed by atoms with Crippen LogP contribution >= 0.6 is 0 Å². The third kappa shape index (κ3) is 3.66. The first kappa shape index (κ1) is 22.3. The maximum Gasteiger partial charge on any atom is 0.333 e. The number of allylic oxidation sites excluding steroid dienone is 1. The molecule has 2 rings (SSSR count). The van der Waals surface area contributed by atoms with Crippen LogP contribution in [0, 0.1) is 11.3 Å². The van der Waals surface area contributed by atoms with E-state index in [1.54, 1.807) is 33.8 Å². The first-order chi connectivity index (χ1) is 12.8. The minimum absolute atomic E-state index is 0.0814. The second kappa shape index (κ2) is 7.47. The van der Waals surface area contributed by atoms with Gasteiger partial charge >= 0.3 is 11.9 Å². The summed E-state index contributed by atoms with van der Waals surface area (Å²) < 4.78 is 11.5. The van der Waals surface area contributed by atoms with Crippen LogP contribution in [-0.4, -0.2) is 40.1 Å². The summed E-state index contributed by atoms with van der Waals surface area (Å²) in [5, 5.41) is 11.0. The molecule has 0 spiro atoms. The second-order valence-electron chi connectivity index (χ2n) is 8.83. The minimum atomic E-state index is -1.67. The van der Waals surface area contributed by atoms with Crippen LogP contribution < -0.4 is 0 Å². The van der Waals surface area contributed by atoms with Gasteiger partial charge in [-0.3, -0.25) is 9.59 Å². The molecule has 0 aromatic carbocycles. The summed E-state index contributed by atoms with van der Waals surface area (Å²) in [5.41, 5.74) is -2.46. The molecule has 0 amide bonds. The number of esters is 2. The fourth-order valence-electron chi connectivity index (χ4n) is 4.80. The van der Waals surface area contributed by atoms with E-state index in [4.69, 9.17) is 9.47 Å². The lowest BCUT2D eigenvalue weighted by atomic mass is 9.51. The SMILES string of the molecule is C=C(C)C1(O)CC2C(C)(CCC(OC(=O)C(C)=CC)C2(C)OC(C)=O)CC1=O. The van der Waals surface area contributed by atoms with Crippen molar-refractivity contribution >= 4 is 17.7 Å². The van der Waals surface area contributed by atoms with E-state index < -0.39 is 34.7 Å². The van der Waals surface area contributed by atoms with Crippen molar-refractivity contribution in [2.24, 2.45) is 11.3 Å². The number of fused-ring (bicyclic) bond motifs is 1. The predicted molar refractivity (Wildman–Crippen MR) is 104 cm³/mol. The van der Waals surface area contributed by atoms with Gasteiger partial charge in [0.2, 0.25) is 0 Å². The van der Waals surface area contributed by atoms with Gasteiger partial charge in [0, 0.05) is 24.8 Å². The summed E-state index contributed by atoms with van der Waals surface area (Å²) in [6.45, 7) is 13.9. The monoisotopic (exact) mass is 392 g/mol. The lowest BCUT2D eigenvalue weighted by Crippen LogP contribution is -2.65. The Kier molecular flexibility index (Phi) is 5.96. The maximum absolute atomic E-state index is 12.7. The molecule has 2 aliphatic rings. The number of Topliss-reactive ketones (excluding diaryl/α,β-unsaturated/α-hetero) is 1. The third-order valence-electron chi connectivity index (χ3n) is 6.75. The van der Waals surface area contributed by atoms with Crippen LogP contribution in [0.5, 0.6) is 0 Å². The topological polar surface area (TPSA) is 89.9 Å². The van der Waals surface area contributed by atoms with Gasteiger partial charge in [-0.05, 0) is 57.9 Å². The summed E-state index contributed by atoms with van der Waals surface area (Å²) in [4.78, 5) is 37.1. The number of hydrogen-bond donors (Lipinski definition) is 1. The second-order valence-corrected chi connectivity index (χ2v) is 8.83. The van der Waals surface area contributed by atoms with Crippen molar-refractivity contribution in [3.63, 3.8) is 0 Å². The summed E-state index contributed by atoms with van der Waals surface area (Å²) in [7, 11) is 0. The molecule has 0 saturated heterocycles. The van der Waals surface area contributed by atoms with Gasteiger partial charge < -0.3 is 14.6 Å². The Morgan fingerprint density at radius 3 is 2.36 bits per heavy atom. The largest absolute Gasteiger partial charge is 0.455 e. The van der Waals surface area contributed by atoms with E-state index in [9.17, 15) is 19.5 Å². The van der Waals surface area contributed by atoms with Crippen LogP contribution in [0.1, 0.15) is 67.2 Å².